The van der Waals surface area contributed by atoms with Gasteiger partial charge in [-0.15, -0.1) is 0 Å². The van der Waals surface area contributed by atoms with Gasteiger partial charge < -0.3 is 19.9 Å². The van der Waals surface area contributed by atoms with Crippen molar-refractivity contribution in [3.8, 4) is 5.75 Å². The maximum Gasteiger partial charge on any atom is 0.267 e. The molecule has 0 bridgehead atoms. The van der Waals surface area contributed by atoms with Gasteiger partial charge in [0.05, 0.1) is 11.3 Å². The minimum atomic E-state index is -0.614. The van der Waals surface area contributed by atoms with Crippen LogP contribution in [-0.4, -0.2) is 50.0 Å². The highest BCUT2D eigenvalue weighted by molar-refractivity contribution is 6.05. The number of carbonyl (C=O) groups excluding carboxylic acids is 2. The fourth-order valence-electron chi connectivity index (χ4n) is 2.86. The van der Waals surface area contributed by atoms with Crippen LogP contribution >= 0.6 is 0 Å². The molecule has 2 aromatic carbocycles. The molecule has 0 spiro atoms. The van der Waals surface area contributed by atoms with Crippen molar-refractivity contribution in [2.45, 2.75) is 13.0 Å². The second-order valence-electron chi connectivity index (χ2n) is 6.67. The predicted octanol–water partition coefficient (Wildman–Crippen LogP) is 2.75. The Morgan fingerprint density at radius 3 is 2.70 bits per heavy atom. The van der Waals surface area contributed by atoms with E-state index in [0.717, 1.165) is 0 Å². The van der Waals surface area contributed by atoms with E-state index < -0.39 is 17.8 Å². The third kappa shape index (κ3) is 4.09. The van der Waals surface area contributed by atoms with Crippen LogP contribution in [0.3, 0.4) is 0 Å². The molecular formula is C20H22FN3O3. The molecule has 0 aliphatic carbocycles. The topological polar surface area (TPSA) is 61.9 Å². The summed E-state index contributed by atoms with van der Waals surface area (Å²) in [5, 5.41) is 2.67. The fourth-order valence-corrected chi connectivity index (χ4v) is 2.86. The molecule has 0 radical (unpaired) electrons. The van der Waals surface area contributed by atoms with Crippen molar-refractivity contribution >= 4 is 23.2 Å². The minimum Gasteiger partial charge on any atom is -0.479 e. The van der Waals surface area contributed by atoms with Crippen LogP contribution in [0.4, 0.5) is 15.8 Å². The van der Waals surface area contributed by atoms with Crippen molar-refractivity contribution in [3.05, 3.63) is 53.8 Å². The van der Waals surface area contributed by atoms with Crippen LogP contribution in [0.5, 0.6) is 5.75 Å². The first-order chi connectivity index (χ1) is 12.9. The number of hydrogen-bond acceptors (Lipinski definition) is 4. The largest absolute Gasteiger partial charge is 0.479 e. The van der Waals surface area contributed by atoms with Crippen molar-refractivity contribution in [1.82, 2.24) is 4.90 Å². The van der Waals surface area contributed by atoms with E-state index in [1.54, 1.807) is 36.1 Å². The van der Waals surface area contributed by atoms with Gasteiger partial charge in [0, 0.05) is 24.8 Å². The first-order valence-electron chi connectivity index (χ1n) is 8.69. The van der Waals surface area contributed by atoms with E-state index in [1.807, 2.05) is 19.0 Å². The molecule has 142 valence electrons. The number of benzene rings is 2. The van der Waals surface area contributed by atoms with Gasteiger partial charge >= 0.3 is 0 Å². The van der Waals surface area contributed by atoms with Crippen LogP contribution in [0.2, 0.25) is 0 Å². The summed E-state index contributed by atoms with van der Waals surface area (Å²) in [7, 11) is 3.88. The highest BCUT2D eigenvalue weighted by atomic mass is 19.1. The zero-order valence-corrected chi connectivity index (χ0v) is 15.5. The Bertz CT molecular complexity index is 869. The van der Waals surface area contributed by atoms with Crippen LogP contribution in [0.15, 0.2) is 42.5 Å². The summed E-state index contributed by atoms with van der Waals surface area (Å²) in [4.78, 5) is 28.4. The molecule has 3 rings (SSSR count). The lowest BCUT2D eigenvalue weighted by molar-refractivity contribution is -0.125. The van der Waals surface area contributed by atoms with E-state index >= 15 is 0 Å². The lowest BCUT2D eigenvalue weighted by Crippen LogP contribution is -2.46. The van der Waals surface area contributed by atoms with E-state index in [4.69, 9.17) is 4.74 Å². The zero-order valence-electron chi connectivity index (χ0n) is 15.5. The highest BCUT2D eigenvalue weighted by Crippen LogP contribution is 2.36. The number of nitrogens with one attached hydrogen (secondary N) is 1. The van der Waals surface area contributed by atoms with Crippen molar-refractivity contribution < 1.29 is 18.7 Å². The average molecular weight is 371 g/mol. The predicted molar refractivity (Wildman–Crippen MR) is 102 cm³/mol. The number of hydrogen-bond donors (Lipinski definition) is 1. The molecule has 0 saturated carbocycles. The van der Waals surface area contributed by atoms with Gasteiger partial charge in [-0.25, -0.2) is 4.39 Å². The zero-order chi connectivity index (χ0) is 19.6. The monoisotopic (exact) mass is 371 g/mol. The van der Waals surface area contributed by atoms with Gasteiger partial charge in [0.15, 0.2) is 6.10 Å². The minimum absolute atomic E-state index is 0.0349. The molecule has 1 unspecified atom stereocenters. The van der Waals surface area contributed by atoms with E-state index in [9.17, 15) is 14.0 Å². The van der Waals surface area contributed by atoms with E-state index in [1.165, 1.54) is 18.2 Å². The Hall–Kier alpha value is -2.93. The molecule has 1 atom stereocenters. The van der Waals surface area contributed by atoms with E-state index in [-0.39, 0.29) is 11.5 Å². The van der Waals surface area contributed by atoms with E-state index in [0.29, 0.717) is 30.2 Å². The van der Waals surface area contributed by atoms with E-state index in [2.05, 4.69) is 5.32 Å². The van der Waals surface area contributed by atoms with Gasteiger partial charge in [-0.05, 0) is 45.3 Å². The molecular weight excluding hydrogens is 349 g/mol. The summed E-state index contributed by atoms with van der Waals surface area (Å²) in [5.74, 6) is -0.726. The molecule has 0 fully saturated rings. The van der Waals surface area contributed by atoms with Crippen LogP contribution in [-0.2, 0) is 4.79 Å². The maximum atomic E-state index is 13.8. The molecule has 0 aromatic heterocycles. The summed E-state index contributed by atoms with van der Waals surface area (Å²) in [6.45, 7) is 2.94. The highest BCUT2D eigenvalue weighted by Gasteiger charge is 2.31. The Morgan fingerprint density at radius 1 is 1.26 bits per heavy atom. The lowest BCUT2D eigenvalue weighted by atomic mass is 10.1. The number of anilines is 2. The third-order valence-electron chi connectivity index (χ3n) is 4.32. The number of halogens is 1. The standard InChI is InChI=1S/C20H22FN3O3/c1-13-20(26)24(11-10-23(2)3)17-9-8-14(12-18(17)27-13)22-19(25)15-6-4-5-7-16(15)21/h4-9,12-13H,10-11H2,1-3H3,(H,22,25). The number of ether oxygens (including phenoxy) is 1. The normalized spacial score (nSPS) is 16.1. The third-order valence-corrected chi connectivity index (χ3v) is 4.32. The molecule has 7 heteroatoms. The van der Waals surface area contributed by atoms with Crippen LogP contribution in [0.25, 0.3) is 0 Å². The van der Waals surface area contributed by atoms with Gasteiger partial charge in [0.25, 0.3) is 11.8 Å². The Morgan fingerprint density at radius 2 is 2.00 bits per heavy atom. The summed E-state index contributed by atoms with van der Waals surface area (Å²) in [6.07, 6.45) is -0.614. The van der Waals surface area contributed by atoms with Crippen molar-refractivity contribution in [3.63, 3.8) is 0 Å². The number of likely N-dealkylation sites (N-methyl/N-ethyl adjacent to an activating group) is 1. The molecule has 1 aliphatic rings. The number of fused-ring (bicyclic) bond motifs is 1. The Kier molecular flexibility index (Phi) is 5.41. The molecule has 1 N–H and O–H groups in total. The van der Waals surface area contributed by atoms with Gasteiger partial charge in [-0.2, -0.15) is 0 Å². The van der Waals surface area contributed by atoms with Gasteiger partial charge in [-0.3, -0.25) is 9.59 Å². The average Bonchev–Trinajstić information content (AvgIpc) is 2.62. The fraction of sp³-hybridized carbons (Fsp3) is 0.300. The van der Waals surface area contributed by atoms with Crippen molar-refractivity contribution in [2.24, 2.45) is 0 Å². The smallest absolute Gasteiger partial charge is 0.267 e. The summed E-state index contributed by atoms with van der Waals surface area (Å²) in [5.41, 5.74) is 1.09. The SMILES string of the molecule is CC1Oc2cc(NC(=O)c3ccccc3F)ccc2N(CCN(C)C)C1=O. The number of rotatable bonds is 5. The summed E-state index contributed by atoms with van der Waals surface area (Å²) < 4.78 is 19.5. The Balaban J connectivity index is 1.83. The van der Waals surface area contributed by atoms with Crippen LogP contribution < -0.4 is 15.0 Å². The van der Waals surface area contributed by atoms with Crippen molar-refractivity contribution in [1.29, 1.82) is 0 Å². The molecule has 27 heavy (non-hydrogen) atoms. The summed E-state index contributed by atoms with van der Waals surface area (Å²) in [6, 6.07) is 10.8. The Labute approximate surface area is 157 Å². The lowest BCUT2D eigenvalue weighted by Gasteiger charge is -2.34. The summed E-state index contributed by atoms with van der Waals surface area (Å²) >= 11 is 0. The molecule has 1 heterocycles. The molecule has 0 saturated heterocycles. The van der Waals surface area contributed by atoms with Gasteiger partial charge in [0.2, 0.25) is 0 Å². The quantitative estimate of drug-likeness (QED) is 0.878. The van der Waals surface area contributed by atoms with Crippen LogP contribution in [0.1, 0.15) is 17.3 Å². The van der Waals surface area contributed by atoms with Crippen LogP contribution in [0, 0.1) is 5.82 Å². The molecule has 6 nitrogen and oxygen atoms in total. The first-order valence-corrected chi connectivity index (χ1v) is 8.69. The molecule has 1 aliphatic heterocycles. The second-order valence-corrected chi connectivity index (χ2v) is 6.67. The first kappa shape index (κ1) is 18.8. The number of nitrogens with zero attached hydrogens (tertiary/aromatic N) is 2. The maximum absolute atomic E-state index is 13.8. The number of carbonyl (C=O) groups is 2. The number of amides is 2. The van der Waals surface area contributed by atoms with Crippen molar-refractivity contribution in [2.75, 3.05) is 37.4 Å². The molecule has 2 amide bonds. The van der Waals surface area contributed by atoms with Gasteiger partial charge in [0.1, 0.15) is 11.6 Å². The van der Waals surface area contributed by atoms with Gasteiger partial charge in [-0.1, -0.05) is 12.1 Å². The second kappa shape index (κ2) is 7.75. The molecule has 2 aromatic rings.